The summed E-state index contributed by atoms with van der Waals surface area (Å²) in [6.45, 7) is 2.84. The summed E-state index contributed by atoms with van der Waals surface area (Å²) in [6.07, 6.45) is 3.64. The minimum atomic E-state index is 0.620. The Kier molecular flexibility index (Phi) is 4.15. The Hall–Kier alpha value is -2.36. The number of anilines is 1. The molecule has 1 aromatic heterocycles. The van der Waals surface area contributed by atoms with Crippen LogP contribution in [0.3, 0.4) is 0 Å². The van der Waals surface area contributed by atoms with Crippen LogP contribution >= 0.6 is 0 Å². The highest BCUT2D eigenvalue weighted by Crippen LogP contribution is 2.13. The Morgan fingerprint density at radius 3 is 2.67 bits per heavy atom. The number of aromatic nitrogens is 3. The lowest BCUT2D eigenvalue weighted by Gasteiger charge is -2.08. The molecule has 0 aliphatic rings. The van der Waals surface area contributed by atoms with Gasteiger partial charge in [-0.25, -0.2) is 4.68 Å². The first-order valence-corrected chi connectivity index (χ1v) is 7.48. The van der Waals surface area contributed by atoms with Crippen molar-refractivity contribution in [1.82, 2.24) is 15.0 Å². The van der Waals surface area contributed by atoms with E-state index in [4.69, 9.17) is 0 Å². The number of nitrogens with zero attached hydrogens (tertiary/aromatic N) is 3. The molecular weight excluding hydrogens is 260 g/mol. The molecule has 1 heterocycles. The van der Waals surface area contributed by atoms with Crippen molar-refractivity contribution >= 4 is 16.7 Å². The molecule has 0 spiro atoms. The van der Waals surface area contributed by atoms with E-state index >= 15 is 0 Å². The monoisotopic (exact) mass is 280 g/mol. The first-order valence-electron chi connectivity index (χ1n) is 7.48. The number of rotatable bonds is 6. The predicted octanol–water partition coefficient (Wildman–Crippen LogP) is 3.84. The van der Waals surface area contributed by atoms with Gasteiger partial charge in [0.25, 0.3) is 0 Å². The minimum Gasteiger partial charge on any atom is -0.366 e. The van der Waals surface area contributed by atoms with Crippen LogP contribution in [0.1, 0.15) is 25.3 Å². The molecule has 4 heteroatoms. The van der Waals surface area contributed by atoms with Crippen molar-refractivity contribution in [2.75, 3.05) is 5.32 Å². The number of hydrogen-bond acceptors (Lipinski definition) is 3. The zero-order valence-corrected chi connectivity index (χ0v) is 12.3. The molecule has 0 aliphatic carbocycles. The van der Waals surface area contributed by atoms with E-state index in [0.717, 1.165) is 23.1 Å². The van der Waals surface area contributed by atoms with Gasteiger partial charge in [-0.15, -0.1) is 5.10 Å². The van der Waals surface area contributed by atoms with E-state index < -0.39 is 0 Å². The van der Waals surface area contributed by atoms with Crippen LogP contribution in [0.2, 0.25) is 0 Å². The minimum absolute atomic E-state index is 0.620. The molecule has 108 valence electrons. The normalized spacial score (nSPS) is 10.9. The third-order valence-electron chi connectivity index (χ3n) is 3.63. The Bertz CT molecular complexity index is 700. The van der Waals surface area contributed by atoms with Crippen molar-refractivity contribution < 1.29 is 0 Å². The van der Waals surface area contributed by atoms with Gasteiger partial charge in [-0.05, 0) is 42.7 Å². The standard InChI is InChI=1S/C17H20N4/c1-2-3-6-14-9-11-15(12-10-14)18-13-21-17-8-5-4-7-16(17)19-20-21/h4-5,7-12,18H,2-3,6,13H2,1H3. The molecular formula is C17H20N4. The van der Waals surface area contributed by atoms with Crippen LogP contribution < -0.4 is 5.32 Å². The molecule has 0 unspecified atom stereocenters. The van der Waals surface area contributed by atoms with Crippen molar-refractivity contribution in [1.29, 1.82) is 0 Å². The Morgan fingerprint density at radius 2 is 1.86 bits per heavy atom. The lowest BCUT2D eigenvalue weighted by atomic mass is 10.1. The quantitative estimate of drug-likeness (QED) is 0.746. The smallest absolute Gasteiger partial charge is 0.113 e. The molecule has 21 heavy (non-hydrogen) atoms. The van der Waals surface area contributed by atoms with Crippen LogP contribution in [0.15, 0.2) is 48.5 Å². The highest BCUT2D eigenvalue weighted by molar-refractivity contribution is 5.73. The van der Waals surface area contributed by atoms with Gasteiger partial charge in [0.15, 0.2) is 0 Å². The van der Waals surface area contributed by atoms with Crippen molar-refractivity contribution in [2.45, 2.75) is 32.9 Å². The molecule has 1 N–H and O–H groups in total. The number of nitrogens with one attached hydrogen (secondary N) is 1. The fraction of sp³-hybridized carbons (Fsp3) is 0.294. The Morgan fingerprint density at radius 1 is 1.05 bits per heavy atom. The lowest BCUT2D eigenvalue weighted by molar-refractivity contribution is 0.655. The first kappa shape index (κ1) is 13.6. The molecule has 0 saturated heterocycles. The third kappa shape index (κ3) is 3.21. The Labute approximate surface area is 124 Å². The number of benzene rings is 2. The molecule has 0 aliphatic heterocycles. The SMILES string of the molecule is CCCCc1ccc(NCn2nnc3ccccc32)cc1. The van der Waals surface area contributed by atoms with Crippen LogP contribution in [-0.4, -0.2) is 15.0 Å². The number of para-hydroxylation sites is 1. The second kappa shape index (κ2) is 6.39. The lowest BCUT2D eigenvalue weighted by Crippen LogP contribution is -2.09. The summed E-state index contributed by atoms with van der Waals surface area (Å²) >= 11 is 0. The summed E-state index contributed by atoms with van der Waals surface area (Å²) in [5.74, 6) is 0. The highest BCUT2D eigenvalue weighted by Gasteiger charge is 2.02. The van der Waals surface area contributed by atoms with Crippen molar-refractivity contribution in [2.24, 2.45) is 0 Å². The maximum absolute atomic E-state index is 4.17. The van der Waals surface area contributed by atoms with Gasteiger partial charge in [-0.2, -0.15) is 0 Å². The van der Waals surface area contributed by atoms with Gasteiger partial charge >= 0.3 is 0 Å². The van der Waals surface area contributed by atoms with E-state index in [2.05, 4.69) is 46.8 Å². The maximum atomic E-state index is 4.17. The van der Waals surface area contributed by atoms with Gasteiger partial charge in [0, 0.05) is 5.69 Å². The van der Waals surface area contributed by atoms with Crippen LogP contribution in [0, 0.1) is 0 Å². The molecule has 3 aromatic rings. The van der Waals surface area contributed by atoms with Crippen molar-refractivity contribution in [3.63, 3.8) is 0 Å². The average molecular weight is 280 g/mol. The third-order valence-corrected chi connectivity index (χ3v) is 3.63. The second-order valence-electron chi connectivity index (χ2n) is 5.21. The van der Waals surface area contributed by atoms with Crippen molar-refractivity contribution in [3.05, 3.63) is 54.1 Å². The largest absolute Gasteiger partial charge is 0.366 e. The van der Waals surface area contributed by atoms with Gasteiger partial charge in [0.05, 0.1) is 5.52 Å². The predicted molar refractivity (Wildman–Crippen MR) is 86.2 cm³/mol. The zero-order chi connectivity index (χ0) is 14.5. The topological polar surface area (TPSA) is 42.7 Å². The molecule has 3 rings (SSSR count). The summed E-state index contributed by atoms with van der Waals surface area (Å²) in [6, 6.07) is 16.6. The second-order valence-corrected chi connectivity index (χ2v) is 5.21. The number of fused-ring (bicyclic) bond motifs is 1. The summed E-state index contributed by atoms with van der Waals surface area (Å²) in [4.78, 5) is 0. The van der Waals surface area contributed by atoms with Gasteiger partial charge in [0.1, 0.15) is 12.2 Å². The Balaban J connectivity index is 1.64. The molecule has 0 amide bonds. The maximum Gasteiger partial charge on any atom is 0.113 e. The molecule has 0 fully saturated rings. The fourth-order valence-corrected chi connectivity index (χ4v) is 2.37. The van der Waals surface area contributed by atoms with Crippen molar-refractivity contribution in [3.8, 4) is 0 Å². The number of aryl methyl sites for hydroxylation is 1. The summed E-state index contributed by atoms with van der Waals surface area (Å²) in [5.41, 5.74) is 4.47. The van der Waals surface area contributed by atoms with Gasteiger partial charge in [-0.3, -0.25) is 0 Å². The van der Waals surface area contributed by atoms with Gasteiger partial charge in [-0.1, -0.05) is 42.8 Å². The van der Waals surface area contributed by atoms with E-state index in [1.807, 2.05) is 28.9 Å². The van der Waals surface area contributed by atoms with E-state index in [1.165, 1.54) is 18.4 Å². The molecule has 2 aromatic carbocycles. The molecule has 4 nitrogen and oxygen atoms in total. The average Bonchev–Trinajstić information content (AvgIpc) is 2.95. The summed E-state index contributed by atoms with van der Waals surface area (Å²) < 4.78 is 1.88. The van der Waals surface area contributed by atoms with E-state index in [0.29, 0.717) is 6.67 Å². The van der Waals surface area contributed by atoms with Crippen LogP contribution in [0.25, 0.3) is 11.0 Å². The zero-order valence-electron chi connectivity index (χ0n) is 12.3. The molecule has 0 radical (unpaired) electrons. The fourth-order valence-electron chi connectivity index (χ4n) is 2.37. The van der Waals surface area contributed by atoms with Crippen LogP contribution in [0.5, 0.6) is 0 Å². The first-order chi connectivity index (χ1) is 10.4. The summed E-state index contributed by atoms with van der Waals surface area (Å²) in [5, 5.41) is 11.7. The number of hydrogen-bond donors (Lipinski definition) is 1. The molecule has 0 bridgehead atoms. The molecule has 0 saturated carbocycles. The van der Waals surface area contributed by atoms with E-state index in [1.54, 1.807) is 0 Å². The van der Waals surface area contributed by atoms with E-state index in [9.17, 15) is 0 Å². The van der Waals surface area contributed by atoms with Crippen LogP contribution in [-0.2, 0) is 13.1 Å². The van der Waals surface area contributed by atoms with Gasteiger partial charge < -0.3 is 5.32 Å². The molecule has 0 atom stereocenters. The van der Waals surface area contributed by atoms with Crippen LogP contribution in [0.4, 0.5) is 5.69 Å². The van der Waals surface area contributed by atoms with Gasteiger partial charge in [0.2, 0.25) is 0 Å². The highest BCUT2D eigenvalue weighted by atomic mass is 15.4. The summed E-state index contributed by atoms with van der Waals surface area (Å²) in [7, 11) is 0. The number of unbranched alkanes of at least 4 members (excludes halogenated alkanes) is 1. The van der Waals surface area contributed by atoms with E-state index in [-0.39, 0.29) is 0 Å².